The van der Waals surface area contributed by atoms with E-state index in [1.165, 1.54) is 5.57 Å². The molecule has 9 rings (SSSR count). The number of hydrogen-bond donors (Lipinski definition) is 0. The third-order valence-electron chi connectivity index (χ3n) is 9.39. The number of nitrogens with zero attached hydrogens (tertiary/aromatic N) is 3. The highest BCUT2D eigenvalue weighted by atomic mass is 16.6. The van der Waals surface area contributed by atoms with Crippen LogP contribution in [0.1, 0.15) is 34.7 Å². The summed E-state index contributed by atoms with van der Waals surface area (Å²) >= 11 is 0. The molecule has 3 aromatic rings. The van der Waals surface area contributed by atoms with Crippen LogP contribution in [0.2, 0.25) is 0 Å². The van der Waals surface area contributed by atoms with Gasteiger partial charge in [-0.1, -0.05) is 30.9 Å². The molecule has 6 heterocycles. The fourth-order valence-corrected chi connectivity index (χ4v) is 7.03. The van der Waals surface area contributed by atoms with E-state index in [9.17, 15) is 5.26 Å². The van der Waals surface area contributed by atoms with Gasteiger partial charge in [-0.05, 0) is 97.0 Å². The molecule has 0 spiro atoms. The van der Waals surface area contributed by atoms with Crippen LogP contribution in [0.25, 0.3) is 0 Å². The lowest BCUT2D eigenvalue weighted by Crippen LogP contribution is -2.39. The second-order valence-electron chi connectivity index (χ2n) is 11.9. The van der Waals surface area contributed by atoms with Gasteiger partial charge in [-0.25, -0.2) is 0 Å². The summed E-state index contributed by atoms with van der Waals surface area (Å²) in [6.07, 6.45) is 9.49. The minimum absolute atomic E-state index is 0.116. The zero-order chi connectivity index (χ0) is 31.1. The van der Waals surface area contributed by atoms with Crippen molar-refractivity contribution in [2.24, 2.45) is 0 Å². The Bertz CT molecular complexity index is 1750. The molecule has 0 saturated carbocycles. The summed E-state index contributed by atoms with van der Waals surface area (Å²) < 4.78 is 31.0. The first kappa shape index (κ1) is 28.9. The normalized spacial score (nSPS) is 20.7. The van der Waals surface area contributed by atoms with E-state index in [1.54, 1.807) is 14.2 Å². The Hall–Kier alpha value is -4.87. The fourth-order valence-electron chi connectivity index (χ4n) is 7.03. The topological polar surface area (TPSA) is 76.4 Å². The first-order valence-corrected chi connectivity index (χ1v) is 15.4. The number of fused-ring (bicyclic) bond motifs is 1. The van der Waals surface area contributed by atoms with Gasteiger partial charge in [0.25, 0.3) is 0 Å². The number of nitriles is 1. The van der Waals surface area contributed by atoms with Crippen LogP contribution < -0.4 is 23.7 Å². The zero-order valence-corrected chi connectivity index (χ0v) is 26.0. The van der Waals surface area contributed by atoms with E-state index in [2.05, 4.69) is 55.1 Å². The third-order valence-corrected chi connectivity index (χ3v) is 9.39. The average molecular weight is 604 g/mol. The molecule has 6 aliphatic heterocycles. The predicted octanol–water partition coefficient (Wildman–Crippen LogP) is 6.52. The average Bonchev–Trinajstić information content (AvgIpc) is 3.06. The van der Waals surface area contributed by atoms with Crippen LogP contribution >= 0.6 is 0 Å². The molecule has 3 aromatic carbocycles. The van der Waals surface area contributed by atoms with Gasteiger partial charge >= 0.3 is 0 Å². The molecule has 0 radical (unpaired) electrons. The second-order valence-corrected chi connectivity index (χ2v) is 11.9. The maximum Gasteiger partial charge on any atom is 0.211 e. The summed E-state index contributed by atoms with van der Waals surface area (Å²) in [7, 11) is 5.47. The fraction of sp³-hybridized carbons (Fsp3) is 0.324. The van der Waals surface area contributed by atoms with E-state index in [4.69, 9.17) is 23.7 Å². The van der Waals surface area contributed by atoms with Crippen LogP contribution in [0.3, 0.4) is 0 Å². The number of methoxy groups -OCH3 is 2. The van der Waals surface area contributed by atoms with E-state index >= 15 is 0 Å². The van der Waals surface area contributed by atoms with E-state index in [0.29, 0.717) is 59.6 Å². The molecule has 2 atom stereocenters. The van der Waals surface area contributed by atoms with Crippen molar-refractivity contribution in [3.8, 4) is 40.7 Å². The first-order chi connectivity index (χ1) is 22.0. The van der Waals surface area contributed by atoms with Gasteiger partial charge in [0.15, 0.2) is 29.2 Å². The lowest BCUT2D eigenvalue weighted by molar-refractivity contribution is 0.205. The van der Waals surface area contributed by atoms with Crippen LogP contribution in [0.4, 0.5) is 0 Å². The highest BCUT2D eigenvalue weighted by molar-refractivity contribution is 5.63. The van der Waals surface area contributed by atoms with Crippen molar-refractivity contribution in [2.75, 3.05) is 41.0 Å². The van der Waals surface area contributed by atoms with Crippen LogP contribution in [0.5, 0.6) is 34.5 Å². The summed E-state index contributed by atoms with van der Waals surface area (Å²) in [5.74, 6) is 4.63. The summed E-state index contributed by atoms with van der Waals surface area (Å²) in [5, 5.41) is 10.2. The van der Waals surface area contributed by atoms with Crippen molar-refractivity contribution in [2.45, 2.75) is 37.8 Å². The minimum Gasteiger partial charge on any atom is -0.493 e. The Labute approximate surface area is 264 Å². The second kappa shape index (κ2) is 11.9. The molecular weight excluding hydrogens is 566 g/mol. The molecule has 6 aliphatic rings. The van der Waals surface area contributed by atoms with Crippen molar-refractivity contribution in [1.82, 2.24) is 9.80 Å². The van der Waals surface area contributed by atoms with Gasteiger partial charge in [0.2, 0.25) is 5.75 Å². The quantitative estimate of drug-likeness (QED) is 0.314. The van der Waals surface area contributed by atoms with Crippen molar-refractivity contribution >= 4 is 0 Å². The highest BCUT2D eigenvalue weighted by Gasteiger charge is 2.36. The van der Waals surface area contributed by atoms with Crippen molar-refractivity contribution in [1.29, 1.82) is 5.26 Å². The molecule has 45 heavy (non-hydrogen) atoms. The van der Waals surface area contributed by atoms with Crippen LogP contribution in [-0.2, 0) is 19.3 Å². The molecule has 8 nitrogen and oxygen atoms in total. The zero-order valence-electron chi connectivity index (χ0n) is 26.0. The molecule has 0 unspecified atom stereocenters. The molecule has 0 amide bonds. The van der Waals surface area contributed by atoms with E-state index in [0.717, 1.165) is 47.2 Å². The number of hydrogen-bond acceptors (Lipinski definition) is 8. The van der Waals surface area contributed by atoms with Gasteiger partial charge in [0, 0.05) is 24.7 Å². The summed E-state index contributed by atoms with van der Waals surface area (Å²) in [6.45, 7) is 6.01. The van der Waals surface area contributed by atoms with E-state index in [1.807, 2.05) is 35.2 Å². The van der Waals surface area contributed by atoms with E-state index < -0.39 is 0 Å². The summed E-state index contributed by atoms with van der Waals surface area (Å²) in [4.78, 5) is 4.22. The summed E-state index contributed by atoms with van der Waals surface area (Å²) in [5.41, 5.74) is 6.66. The monoisotopic (exact) mass is 603 g/mol. The Morgan fingerprint density at radius 3 is 2.44 bits per heavy atom. The largest absolute Gasteiger partial charge is 0.493 e. The molecular formula is C37H37N3O5. The maximum atomic E-state index is 10.2. The number of likely N-dealkylation sites (N-methyl/N-ethyl adjacent to an activating group) is 1. The number of allylic oxidation sites excluding steroid dienone is 1. The first-order valence-electron chi connectivity index (χ1n) is 15.4. The molecule has 0 aromatic heterocycles. The maximum absolute atomic E-state index is 10.2. The highest BCUT2D eigenvalue weighted by Crippen LogP contribution is 2.51. The molecule has 0 saturated heterocycles. The van der Waals surface area contributed by atoms with Gasteiger partial charge in [0.05, 0.1) is 20.3 Å². The molecule has 0 aliphatic carbocycles. The smallest absolute Gasteiger partial charge is 0.211 e. The van der Waals surface area contributed by atoms with Crippen LogP contribution in [0.15, 0.2) is 84.2 Å². The lowest BCUT2D eigenvalue weighted by atomic mass is 9.87. The standard InChI is InChI=1S/C37H37N3O5/c1-5-29-25-12-14-39(2)30(29)17-24-8-11-32(41-3)33(18-24)44-27-9-6-23(7-10-27)16-31-35-26(13-15-40(31)22-38)20-34(42-4)36-37(35)43-21-28(19-25)45-36/h5-11,18-20,30-31H,1,12-17,21H2,2-4H3/t30-,31-/m0/s1. The molecule has 0 fully saturated rings. The van der Waals surface area contributed by atoms with Gasteiger partial charge in [-0.2, -0.15) is 5.26 Å². The number of benzene rings is 3. The van der Waals surface area contributed by atoms with Crippen LogP contribution in [0, 0.1) is 11.5 Å². The Balaban J connectivity index is 1.40. The van der Waals surface area contributed by atoms with Gasteiger partial charge in [-0.15, -0.1) is 0 Å². The van der Waals surface area contributed by atoms with Crippen molar-refractivity contribution < 1.29 is 23.7 Å². The van der Waals surface area contributed by atoms with Gasteiger partial charge in [0.1, 0.15) is 18.1 Å². The third kappa shape index (κ3) is 5.27. The van der Waals surface area contributed by atoms with E-state index in [-0.39, 0.29) is 18.7 Å². The Kier molecular flexibility index (Phi) is 7.64. The molecule has 10 bridgehead atoms. The van der Waals surface area contributed by atoms with Crippen molar-refractivity contribution in [3.63, 3.8) is 0 Å². The van der Waals surface area contributed by atoms with Gasteiger partial charge < -0.3 is 28.6 Å². The molecule has 8 heteroatoms. The van der Waals surface area contributed by atoms with Crippen LogP contribution in [-0.4, -0.2) is 56.8 Å². The van der Waals surface area contributed by atoms with Gasteiger partial charge in [-0.3, -0.25) is 4.90 Å². The predicted molar refractivity (Wildman–Crippen MR) is 171 cm³/mol. The lowest BCUT2D eigenvalue weighted by Gasteiger charge is -2.37. The summed E-state index contributed by atoms with van der Waals surface area (Å²) in [6, 6.07) is 16.1. The Morgan fingerprint density at radius 2 is 1.69 bits per heavy atom. The molecule has 230 valence electrons. The van der Waals surface area contributed by atoms with Crippen molar-refractivity contribution in [3.05, 3.63) is 106 Å². The minimum atomic E-state index is -0.216. The SMILES string of the molecule is C=CC1=C2C=C3COc4c(c(OC)cc5c4[C@H](Cc4ccc(cc4)Oc4cc(ccc4OC)C[C@@H]1N(C)CC2)N(C#N)CC5)O3. The number of ether oxygens (including phenoxy) is 5. The number of rotatable bonds is 3. The molecule has 0 N–H and O–H groups in total. The Morgan fingerprint density at radius 1 is 0.911 bits per heavy atom.